The van der Waals surface area contributed by atoms with Gasteiger partial charge in [-0.25, -0.2) is 9.97 Å². The van der Waals surface area contributed by atoms with Gasteiger partial charge in [-0.1, -0.05) is 213 Å². The van der Waals surface area contributed by atoms with E-state index < -0.39 is 0 Å². The molecule has 0 saturated heterocycles. The van der Waals surface area contributed by atoms with E-state index in [0.717, 1.165) is 203 Å². The Bertz CT molecular complexity index is 2160. The van der Waals surface area contributed by atoms with Gasteiger partial charge in [0.2, 0.25) is 5.91 Å². The topological polar surface area (TPSA) is 164 Å². The van der Waals surface area contributed by atoms with Gasteiger partial charge in [-0.2, -0.15) is 0 Å². The normalized spacial score (nSPS) is 11.7. The summed E-state index contributed by atoms with van der Waals surface area (Å²) in [5.41, 5.74) is 2.60. The first kappa shape index (κ1) is 79.1. The van der Waals surface area contributed by atoms with Gasteiger partial charge in [0.15, 0.2) is 5.82 Å². The predicted molar refractivity (Wildman–Crippen MR) is 368 cm³/mol. The summed E-state index contributed by atoms with van der Waals surface area (Å²) in [6, 6.07) is 8.09. The van der Waals surface area contributed by atoms with Crippen LogP contribution in [-0.4, -0.2) is 134 Å². The van der Waals surface area contributed by atoms with Crippen LogP contribution in [0, 0.1) is 5.92 Å². The molecule has 1 aromatic carbocycles. The number of rotatable bonds is 63. The molecule has 0 fully saturated rings. The van der Waals surface area contributed by atoms with Crippen LogP contribution in [0.25, 0.3) is 21.9 Å². The Hall–Kier alpha value is -4.18. The molecular formula is C74H130N6O9. The lowest BCUT2D eigenvalue weighted by molar-refractivity contribution is -0.144. The molecule has 1 N–H and O–H groups in total. The van der Waals surface area contributed by atoms with Crippen molar-refractivity contribution in [2.24, 2.45) is 5.92 Å². The molecule has 0 aliphatic carbocycles. The Kier molecular flexibility index (Phi) is 49.3. The largest absolute Gasteiger partial charge is 0.466 e. The number of amides is 1. The first-order valence-electron chi connectivity index (χ1n) is 36.7. The Labute approximate surface area is 541 Å². The van der Waals surface area contributed by atoms with E-state index in [-0.39, 0.29) is 23.8 Å². The average molecular weight is 1250 g/mol. The van der Waals surface area contributed by atoms with Crippen molar-refractivity contribution in [2.75, 3.05) is 90.8 Å². The van der Waals surface area contributed by atoms with Gasteiger partial charge in [0, 0.05) is 50.7 Å². The smallest absolute Gasteiger partial charge is 0.305 e. The zero-order valence-corrected chi connectivity index (χ0v) is 57.6. The van der Waals surface area contributed by atoms with E-state index in [1.807, 2.05) is 24.5 Å². The second kappa shape index (κ2) is 55.5. The van der Waals surface area contributed by atoms with Crippen molar-refractivity contribution in [2.45, 2.75) is 298 Å². The number of benzene rings is 1. The van der Waals surface area contributed by atoms with Gasteiger partial charge < -0.3 is 43.4 Å². The lowest BCUT2D eigenvalue weighted by Gasteiger charge is -2.23. The summed E-state index contributed by atoms with van der Waals surface area (Å²) in [6.07, 6.45) is 44.1. The van der Waals surface area contributed by atoms with E-state index in [1.54, 1.807) is 0 Å². The molecule has 89 heavy (non-hydrogen) atoms. The summed E-state index contributed by atoms with van der Waals surface area (Å²) in [6.45, 7) is 21.9. The highest BCUT2D eigenvalue weighted by molar-refractivity contribution is 6.09. The number of hydrogen-bond acceptors (Lipinski definition) is 13. The van der Waals surface area contributed by atoms with Gasteiger partial charge in [-0.3, -0.25) is 19.2 Å². The maximum Gasteiger partial charge on any atom is 0.305 e. The number of carbonyl (C=O) groups excluding carboxylic acids is 4. The first-order valence-corrected chi connectivity index (χ1v) is 36.7. The van der Waals surface area contributed by atoms with Crippen molar-refractivity contribution in [3.05, 3.63) is 30.6 Å². The maximum atomic E-state index is 13.4. The lowest BCUT2D eigenvalue weighted by atomic mass is 10.1. The zero-order chi connectivity index (χ0) is 63.9. The van der Waals surface area contributed by atoms with Crippen LogP contribution in [0.3, 0.4) is 0 Å². The van der Waals surface area contributed by atoms with Crippen molar-refractivity contribution in [1.29, 1.82) is 0 Å². The molecule has 2 aromatic heterocycles. The predicted octanol–water partition coefficient (Wildman–Crippen LogP) is 18.1. The number of carbonyl (C=O) groups is 4. The summed E-state index contributed by atoms with van der Waals surface area (Å²) in [4.78, 5) is 64.7. The number of esters is 3. The van der Waals surface area contributed by atoms with E-state index in [2.05, 4.69) is 60.4 Å². The van der Waals surface area contributed by atoms with Crippen LogP contribution in [-0.2, 0) is 49.4 Å². The fourth-order valence-corrected chi connectivity index (χ4v) is 11.6. The molecule has 0 atom stereocenters. The molecule has 0 spiro atoms. The van der Waals surface area contributed by atoms with Gasteiger partial charge >= 0.3 is 17.9 Å². The van der Waals surface area contributed by atoms with E-state index in [0.29, 0.717) is 83.7 Å². The molecule has 0 bridgehead atoms. The van der Waals surface area contributed by atoms with Crippen molar-refractivity contribution in [1.82, 2.24) is 24.3 Å². The van der Waals surface area contributed by atoms with Gasteiger partial charge in [0.25, 0.3) is 0 Å². The number of para-hydroxylation sites is 1. The molecule has 2 heterocycles. The Morgan fingerprint density at radius 2 is 0.809 bits per heavy atom. The van der Waals surface area contributed by atoms with Gasteiger partial charge in [-0.05, 0) is 109 Å². The third-order valence-corrected chi connectivity index (χ3v) is 17.0. The number of unbranched alkanes of at least 4 members (excludes halogenated alkanes) is 29. The molecular weight excluding hydrogens is 1120 g/mol. The van der Waals surface area contributed by atoms with Crippen LogP contribution >= 0.6 is 0 Å². The molecule has 0 aliphatic heterocycles. The highest BCUT2D eigenvalue weighted by Gasteiger charge is 2.17. The highest BCUT2D eigenvalue weighted by atomic mass is 16.5. The fourth-order valence-electron chi connectivity index (χ4n) is 11.6. The summed E-state index contributed by atoms with van der Waals surface area (Å²) < 4.78 is 31.0. The third-order valence-electron chi connectivity index (χ3n) is 17.0. The lowest BCUT2D eigenvalue weighted by Crippen LogP contribution is -2.31. The molecule has 15 nitrogen and oxygen atoms in total. The average Bonchev–Trinajstić information content (AvgIpc) is 2.68. The monoisotopic (exact) mass is 1250 g/mol. The molecule has 0 unspecified atom stereocenters. The van der Waals surface area contributed by atoms with E-state index in [1.165, 1.54) is 96.3 Å². The summed E-state index contributed by atoms with van der Waals surface area (Å²) in [7, 11) is 0. The SMILES string of the molecule is CCCCCCCOC(=O)CCCCCCCCN(CCCCCCCCC(=O)OCCCCCCC)CCOCCOCCN(CCCCCCCCC(=O)OCCCCCCC)CCCCCC(=O)Nc1nc2ccccc2c2c1ncn2CC(C)C. The Morgan fingerprint density at radius 1 is 0.438 bits per heavy atom. The quantitative estimate of drug-likeness (QED) is 0.0323. The standard InChI is InChI=1S/C74H130N6O9/c1-6-9-12-27-41-56-87-69(82)47-32-21-15-18-24-37-50-78(51-38-25-19-16-22-33-48-70(83)88-57-42-28-13-10-7-2)54-59-85-61-62-86-60-55-79(52-39-26-20-17-23-34-49-71(84)89-58-43-29-14-11-8-3)53-40-30-31-46-68(81)77-74-72-73(80(64-75-72)63-65(4)5)66-44-35-36-45-67(66)76-74/h35-36,44-45,64-65H,6-34,37-43,46-63H2,1-5H3,(H,76,77,81). The number of nitrogens with one attached hydrogen (secondary N) is 1. The molecule has 3 rings (SSSR count). The first-order chi connectivity index (χ1) is 43.6. The zero-order valence-electron chi connectivity index (χ0n) is 57.6. The fraction of sp³-hybridized carbons (Fsp3) is 0.811. The minimum atomic E-state index is -0.0484. The number of ether oxygens (including phenoxy) is 5. The molecule has 15 heteroatoms. The number of nitrogens with zero attached hydrogens (tertiary/aromatic N) is 5. The number of anilines is 1. The molecule has 3 aromatic rings. The number of imidazole rings is 1. The van der Waals surface area contributed by atoms with Crippen molar-refractivity contribution >= 4 is 51.6 Å². The Morgan fingerprint density at radius 3 is 1.24 bits per heavy atom. The summed E-state index contributed by atoms with van der Waals surface area (Å²) >= 11 is 0. The molecule has 1 amide bonds. The van der Waals surface area contributed by atoms with Gasteiger partial charge in [-0.15, -0.1) is 0 Å². The van der Waals surface area contributed by atoms with Gasteiger partial charge in [0.05, 0.1) is 63.6 Å². The minimum absolute atomic E-state index is 0.0289. The molecule has 0 aliphatic rings. The number of pyridine rings is 1. The third kappa shape index (κ3) is 41.8. The summed E-state index contributed by atoms with van der Waals surface area (Å²) in [5.74, 6) is 0.832. The van der Waals surface area contributed by atoms with E-state index >= 15 is 0 Å². The summed E-state index contributed by atoms with van der Waals surface area (Å²) in [5, 5.41) is 4.16. The molecule has 0 saturated carbocycles. The molecule has 0 radical (unpaired) electrons. The van der Waals surface area contributed by atoms with E-state index in [4.69, 9.17) is 33.7 Å². The van der Waals surface area contributed by atoms with Crippen LogP contribution < -0.4 is 5.32 Å². The van der Waals surface area contributed by atoms with Crippen LogP contribution in [0.4, 0.5) is 5.82 Å². The van der Waals surface area contributed by atoms with Crippen molar-refractivity contribution in [3.63, 3.8) is 0 Å². The van der Waals surface area contributed by atoms with Crippen LogP contribution in [0.5, 0.6) is 0 Å². The Balaban J connectivity index is 1.40. The number of aromatic nitrogens is 3. The second-order valence-electron chi connectivity index (χ2n) is 25.8. The van der Waals surface area contributed by atoms with E-state index in [9.17, 15) is 19.2 Å². The maximum absolute atomic E-state index is 13.4. The second-order valence-corrected chi connectivity index (χ2v) is 25.8. The van der Waals surface area contributed by atoms with Crippen LogP contribution in [0.15, 0.2) is 30.6 Å². The number of hydrogen-bond donors (Lipinski definition) is 1. The number of fused-ring (bicyclic) bond motifs is 3. The van der Waals surface area contributed by atoms with Crippen LogP contribution in [0.1, 0.15) is 291 Å². The minimum Gasteiger partial charge on any atom is -0.466 e. The van der Waals surface area contributed by atoms with Crippen molar-refractivity contribution < 1.29 is 42.9 Å². The highest BCUT2D eigenvalue weighted by Crippen LogP contribution is 2.29. The van der Waals surface area contributed by atoms with Crippen LogP contribution in [0.2, 0.25) is 0 Å². The van der Waals surface area contributed by atoms with Gasteiger partial charge in [0.1, 0.15) is 5.52 Å². The van der Waals surface area contributed by atoms with Crippen molar-refractivity contribution in [3.8, 4) is 0 Å². The molecule has 510 valence electrons.